The van der Waals surface area contributed by atoms with Crippen LogP contribution in [0.2, 0.25) is 0 Å². The summed E-state index contributed by atoms with van der Waals surface area (Å²) >= 11 is 0. The maximum atomic E-state index is 14.2. The SMILES string of the molecule is CC(=O)N[C@@H](Cc1c[nH]c2ccccc12)C(=O)N[C@@H](C)C(=O)NC(C)(C)C(=O)NC(C)(C)C(=O)N[C@@H](CC(C)C)C(=O)NC(C)(C)C(=O)N[C@@H](CCC(N)=O)C(=O)NC(C)(C)C(=O)NC(C)(C)C(=O)NC(C)(C)C(=O)N[C@@H](CCC(N)=O)C(=O)N[C@@H](CC(C)C)C(=O)NC(C)(C)C(=O)N[C@@H](CCC(N)=O)C(=O)N[C@H](C=O)CC(C)C. The van der Waals surface area contributed by atoms with Gasteiger partial charge in [-0.25, -0.2) is 0 Å². The molecule has 0 spiro atoms. The van der Waals surface area contributed by atoms with E-state index in [1.165, 1.54) is 111 Å². The summed E-state index contributed by atoms with van der Waals surface area (Å²) in [5.41, 5.74) is 4.77. The molecule has 0 saturated carbocycles. The highest BCUT2D eigenvalue weighted by Crippen LogP contribution is 2.22. The van der Waals surface area contributed by atoms with Crippen LogP contribution in [0.3, 0.4) is 0 Å². The number of aldehydes is 1. The molecule has 0 unspecified atom stereocenters. The number of amides is 18. The molecular formula is C77H125N19O19. The molecule has 0 saturated heterocycles. The van der Waals surface area contributed by atoms with E-state index in [1.807, 2.05) is 38.1 Å². The lowest BCUT2D eigenvalue weighted by molar-refractivity contribution is -0.141. The van der Waals surface area contributed by atoms with E-state index in [-0.39, 0.29) is 56.3 Å². The monoisotopic (exact) mass is 1620 g/mol. The van der Waals surface area contributed by atoms with Crippen LogP contribution in [0.4, 0.5) is 0 Å². The van der Waals surface area contributed by atoms with Crippen molar-refractivity contribution in [3.05, 3.63) is 36.0 Å². The van der Waals surface area contributed by atoms with Crippen molar-refractivity contribution in [1.82, 2.24) is 84.7 Å². The summed E-state index contributed by atoms with van der Waals surface area (Å²) in [5, 5.41) is 39.1. The van der Waals surface area contributed by atoms with Gasteiger partial charge < -0.3 is 107 Å². The van der Waals surface area contributed by atoms with Gasteiger partial charge in [-0.2, -0.15) is 0 Å². The van der Waals surface area contributed by atoms with Crippen LogP contribution >= 0.6 is 0 Å². The van der Waals surface area contributed by atoms with Crippen LogP contribution < -0.4 is 97.0 Å². The summed E-state index contributed by atoms with van der Waals surface area (Å²) < 4.78 is 0. The van der Waals surface area contributed by atoms with Crippen molar-refractivity contribution >= 4 is 124 Å². The number of hydrogen-bond acceptors (Lipinski definition) is 19. The topological polar surface area (TPSA) is 599 Å². The number of para-hydroxylation sites is 1. The Bertz CT molecular complexity index is 3930. The Morgan fingerprint density at radius 1 is 0.357 bits per heavy atom. The highest BCUT2D eigenvalue weighted by Gasteiger charge is 2.45. The molecule has 2 rings (SSSR count). The van der Waals surface area contributed by atoms with E-state index in [0.717, 1.165) is 16.5 Å². The third kappa shape index (κ3) is 32.7. The molecule has 38 nitrogen and oxygen atoms in total. The number of carbonyl (C=O) groups excluding carboxylic acids is 19. The zero-order chi connectivity index (χ0) is 88.6. The van der Waals surface area contributed by atoms with Crippen LogP contribution in [0, 0.1) is 17.8 Å². The molecule has 0 aliphatic heterocycles. The van der Waals surface area contributed by atoms with Crippen LogP contribution in [0.25, 0.3) is 10.9 Å². The van der Waals surface area contributed by atoms with Crippen molar-refractivity contribution in [2.75, 3.05) is 0 Å². The van der Waals surface area contributed by atoms with E-state index >= 15 is 0 Å². The molecule has 0 fully saturated rings. The van der Waals surface area contributed by atoms with Crippen molar-refractivity contribution in [3.8, 4) is 0 Å². The average Bonchev–Trinajstić information content (AvgIpc) is 1.47. The minimum atomic E-state index is -1.95. The quantitative estimate of drug-likeness (QED) is 0.0320. The molecular weight excluding hydrogens is 1490 g/mol. The van der Waals surface area contributed by atoms with E-state index in [2.05, 4.69) is 84.7 Å². The molecule has 115 heavy (non-hydrogen) atoms. The molecule has 22 N–H and O–H groups in total. The summed E-state index contributed by atoms with van der Waals surface area (Å²) in [5.74, 6) is -16.4. The van der Waals surface area contributed by atoms with Crippen LogP contribution in [-0.2, 0) is 97.5 Å². The molecule has 0 aliphatic rings. The first kappa shape index (κ1) is 100.0. The van der Waals surface area contributed by atoms with Gasteiger partial charge in [-0.05, 0) is 172 Å². The lowest BCUT2D eigenvalue weighted by atomic mass is 9.95. The summed E-state index contributed by atoms with van der Waals surface area (Å²) in [7, 11) is 0. The molecule has 38 heteroatoms. The van der Waals surface area contributed by atoms with Gasteiger partial charge in [0.25, 0.3) is 0 Å². The van der Waals surface area contributed by atoms with E-state index in [0.29, 0.717) is 6.29 Å². The first-order valence-corrected chi connectivity index (χ1v) is 38.1. The first-order chi connectivity index (χ1) is 52.6. The van der Waals surface area contributed by atoms with E-state index in [9.17, 15) is 91.1 Å². The Morgan fingerprint density at radius 3 is 1.03 bits per heavy atom. The number of rotatable bonds is 47. The third-order valence-corrected chi connectivity index (χ3v) is 18.3. The van der Waals surface area contributed by atoms with Gasteiger partial charge in [0, 0.05) is 49.7 Å². The number of nitrogens with one attached hydrogen (secondary N) is 16. The van der Waals surface area contributed by atoms with Gasteiger partial charge in [0.15, 0.2) is 0 Å². The summed E-state index contributed by atoms with van der Waals surface area (Å²) in [6, 6.07) is -3.27. The largest absolute Gasteiger partial charge is 0.370 e. The van der Waals surface area contributed by atoms with Crippen molar-refractivity contribution in [1.29, 1.82) is 0 Å². The minimum Gasteiger partial charge on any atom is -0.370 e. The normalized spacial score (nSPS) is 14.2. The maximum Gasteiger partial charge on any atom is 0.246 e. The van der Waals surface area contributed by atoms with Gasteiger partial charge in [0.05, 0.1) is 6.04 Å². The Kier molecular flexibility index (Phi) is 36.8. The molecule has 1 heterocycles. The Morgan fingerprint density at radius 2 is 0.661 bits per heavy atom. The van der Waals surface area contributed by atoms with Crippen LogP contribution in [0.5, 0.6) is 0 Å². The molecule has 1 aromatic carbocycles. The van der Waals surface area contributed by atoms with Crippen LogP contribution in [0.15, 0.2) is 30.5 Å². The molecule has 8 atom stereocenters. The molecule has 642 valence electrons. The predicted octanol–water partition coefficient (Wildman–Crippen LogP) is -1.97. The Labute approximate surface area is 671 Å². The number of aromatic amines is 1. The van der Waals surface area contributed by atoms with Crippen molar-refractivity contribution < 1.29 is 91.1 Å². The maximum absolute atomic E-state index is 14.2. The van der Waals surface area contributed by atoms with Crippen molar-refractivity contribution in [2.24, 2.45) is 35.0 Å². The van der Waals surface area contributed by atoms with E-state index in [4.69, 9.17) is 17.2 Å². The van der Waals surface area contributed by atoms with Gasteiger partial charge >= 0.3 is 0 Å². The molecule has 18 amide bonds. The third-order valence-electron chi connectivity index (χ3n) is 18.3. The molecule has 0 aliphatic carbocycles. The van der Waals surface area contributed by atoms with Crippen LogP contribution in [-0.4, -0.2) is 205 Å². The van der Waals surface area contributed by atoms with E-state index < -0.39 is 219 Å². The van der Waals surface area contributed by atoms with Gasteiger partial charge in [-0.1, -0.05) is 59.7 Å². The predicted molar refractivity (Wildman–Crippen MR) is 424 cm³/mol. The number of primary amides is 3. The fourth-order valence-corrected chi connectivity index (χ4v) is 11.3. The molecule has 0 radical (unpaired) electrons. The number of benzene rings is 1. The highest BCUT2D eigenvalue weighted by molar-refractivity contribution is 6.04. The fourth-order valence-electron chi connectivity index (χ4n) is 11.3. The summed E-state index contributed by atoms with van der Waals surface area (Å²) in [4.78, 5) is 259. The van der Waals surface area contributed by atoms with Crippen LogP contribution in [0.1, 0.15) is 216 Å². The standard InChI is InChI=1S/C77H125N19O19/c1-39(2)33-45(38-97)84-58(103)48(27-30-54(78)99)86-64(109)71(9,10)92-62(107)51(34-40(3)4)85-59(104)49(28-31-55(79)100)87-66(111)73(13,14)95-70(115)77(21,22)96-69(114)76(19,20)91-61(106)50(29-32-56(80)101)88-65(110)72(11,12)93-63(108)52(35-41(5)6)89-67(112)74(15,16)94-68(113)75(17,18)90-57(102)42(7)82-60(105)53(83-43(8)98)36-44-37-81-47-26-24-23-25-46(44)47/h23-26,37-42,45,48-53,81H,27-36H2,1-22H3,(H2,78,99)(H2,79,100)(H2,80,101)(H,82,105)(H,83,98)(H,84,103)(H,85,104)(H,86,109)(H,87,111)(H,88,110)(H,89,112)(H,90,102)(H,91,106)(H,92,107)(H,93,108)(H,94,113)(H,95,115)(H,96,114)/t42-,45-,48-,49-,50-,51-,52-,53-/m0/s1. The first-order valence-electron chi connectivity index (χ1n) is 38.1. The second kappa shape index (κ2) is 42.3. The van der Waals surface area contributed by atoms with Gasteiger partial charge in [0.2, 0.25) is 106 Å². The summed E-state index contributed by atoms with van der Waals surface area (Å²) in [6.45, 7) is 31.2. The summed E-state index contributed by atoms with van der Waals surface area (Å²) in [6.07, 6.45) is 0.124. The molecule has 2 aromatic rings. The fraction of sp³-hybridized carbons (Fsp3) is 0.649. The number of carbonyl (C=O) groups is 19. The molecule has 1 aromatic heterocycles. The van der Waals surface area contributed by atoms with Gasteiger partial charge in [0.1, 0.15) is 87.4 Å². The highest BCUT2D eigenvalue weighted by atomic mass is 16.2. The Balaban J connectivity index is 2.26. The number of hydrogen-bond donors (Lipinski definition) is 19. The zero-order valence-electron chi connectivity index (χ0n) is 70.4. The zero-order valence-corrected chi connectivity index (χ0v) is 70.4. The number of fused-ring (bicyclic) bond motifs is 1. The average molecular weight is 1620 g/mol. The second-order valence-electron chi connectivity index (χ2n) is 34.1. The lowest BCUT2D eigenvalue weighted by Gasteiger charge is -2.36. The number of H-pyrrole nitrogens is 1. The molecule has 0 bridgehead atoms. The van der Waals surface area contributed by atoms with E-state index in [1.54, 1.807) is 33.9 Å². The smallest absolute Gasteiger partial charge is 0.246 e. The number of nitrogens with two attached hydrogens (primary N) is 3. The van der Waals surface area contributed by atoms with Crippen molar-refractivity contribution in [2.45, 2.75) is 304 Å². The minimum absolute atomic E-state index is 0.00223. The Hall–Kier alpha value is -11.1. The lowest BCUT2D eigenvalue weighted by Crippen LogP contribution is -2.68. The van der Waals surface area contributed by atoms with Gasteiger partial charge in [-0.15, -0.1) is 0 Å². The number of aromatic nitrogens is 1. The second-order valence-corrected chi connectivity index (χ2v) is 34.1. The van der Waals surface area contributed by atoms with Crippen molar-refractivity contribution in [3.63, 3.8) is 0 Å². The van der Waals surface area contributed by atoms with Gasteiger partial charge in [-0.3, -0.25) is 86.3 Å².